The highest BCUT2D eigenvalue weighted by Gasteiger charge is 2.29. The summed E-state index contributed by atoms with van der Waals surface area (Å²) in [5.74, 6) is -5.07. The molecule has 3 amide bonds. The predicted octanol–water partition coefficient (Wildman–Crippen LogP) is -1.85. The Labute approximate surface area is 150 Å². The number of nitrogens with one attached hydrogen (secondary N) is 2. The van der Waals surface area contributed by atoms with Gasteiger partial charge in [0.2, 0.25) is 17.7 Å². The van der Waals surface area contributed by atoms with E-state index in [1.165, 1.54) is 0 Å². The molecule has 0 saturated carbocycles. The zero-order chi connectivity index (χ0) is 20.4. The minimum atomic E-state index is -1.24. The summed E-state index contributed by atoms with van der Waals surface area (Å²) in [7, 11) is 0. The molecule has 0 aliphatic rings. The average molecular weight is 374 g/mol. The Balaban J connectivity index is 5.05. The number of nitrogens with two attached hydrogens (primary N) is 2. The maximum atomic E-state index is 12.3. The van der Waals surface area contributed by atoms with Gasteiger partial charge in [-0.05, 0) is 18.8 Å². The van der Waals surface area contributed by atoms with E-state index in [0.29, 0.717) is 0 Å². The Bertz CT molecular complexity index is 550. The van der Waals surface area contributed by atoms with Crippen molar-refractivity contribution in [2.24, 2.45) is 17.4 Å². The van der Waals surface area contributed by atoms with Crippen LogP contribution in [-0.2, 0) is 24.0 Å². The lowest BCUT2D eigenvalue weighted by molar-refractivity contribution is -0.143. The lowest BCUT2D eigenvalue weighted by Gasteiger charge is -2.24. The molecule has 0 aromatic heterocycles. The number of carbonyl (C=O) groups is 5. The van der Waals surface area contributed by atoms with Crippen LogP contribution >= 0.6 is 0 Å². The number of hydrogen-bond donors (Lipinski definition) is 6. The third kappa shape index (κ3) is 8.97. The minimum absolute atomic E-state index is 0.144. The Hall–Kier alpha value is -2.69. The smallest absolute Gasteiger partial charge is 0.326 e. The fraction of sp³-hybridized carbons (Fsp3) is 0.667. The SMILES string of the molecule is CC(C)[C@H](NC(=O)[C@H](CCC(N)=O)NC(=O)[C@@H](N)CCC(=O)O)C(=O)O. The largest absolute Gasteiger partial charge is 0.481 e. The van der Waals surface area contributed by atoms with E-state index in [2.05, 4.69) is 10.6 Å². The van der Waals surface area contributed by atoms with Gasteiger partial charge in [0.15, 0.2) is 0 Å². The molecule has 0 saturated heterocycles. The van der Waals surface area contributed by atoms with Crippen LogP contribution in [0.3, 0.4) is 0 Å². The molecular formula is C15H26N4O7. The van der Waals surface area contributed by atoms with Crippen LogP contribution in [-0.4, -0.2) is 58.0 Å². The van der Waals surface area contributed by atoms with Gasteiger partial charge in [0.1, 0.15) is 12.1 Å². The number of amides is 3. The highest BCUT2D eigenvalue weighted by atomic mass is 16.4. The topological polar surface area (TPSA) is 202 Å². The van der Waals surface area contributed by atoms with E-state index in [4.69, 9.17) is 21.7 Å². The third-order valence-corrected chi connectivity index (χ3v) is 3.55. The van der Waals surface area contributed by atoms with Crippen molar-refractivity contribution in [1.29, 1.82) is 0 Å². The van der Waals surface area contributed by atoms with Crippen LogP contribution in [0.15, 0.2) is 0 Å². The lowest BCUT2D eigenvalue weighted by Crippen LogP contribution is -2.55. The Kier molecular flexibility index (Phi) is 9.89. The summed E-state index contributed by atoms with van der Waals surface area (Å²) in [5, 5.41) is 22.3. The molecule has 26 heavy (non-hydrogen) atoms. The fourth-order valence-electron chi connectivity index (χ4n) is 2.01. The fourth-order valence-corrected chi connectivity index (χ4v) is 2.01. The summed E-state index contributed by atoms with van der Waals surface area (Å²) < 4.78 is 0. The van der Waals surface area contributed by atoms with Gasteiger partial charge in [-0.25, -0.2) is 4.79 Å². The highest BCUT2D eigenvalue weighted by molar-refractivity contribution is 5.92. The molecule has 11 heteroatoms. The average Bonchev–Trinajstić information content (AvgIpc) is 2.52. The van der Waals surface area contributed by atoms with Crippen molar-refractivity contribution in [1.82, 2.24) is 10.6 Å². The summed E-state index contributed by atoms with van der Waals surface area (Å²) in [6.07, 6.45) is -0.846. The first kappa shape index (κ1) is 23.3. The van der Waals surface area contributed by atoms with E-state index in [-0.39, 0.29) is 25.7 Å². The van der Waals surface area contributed by atoms with Gasteiger partial charge >= 0.3 is 11.9 Å². The van der Waals surface area contributed by atoms with Gasteiger partial charge in [-0.2, -0.15) is 0 Å². The second-order valence-corrected chi connectivity index (χ2v) is 6.17. The molecule has 0 aliphatic carbocycles. The molecule has 0 rings (SSSR count). The molecule has 0 fully saturated rings. The van der Waals surface area contributed by atoms with E-state index < -0.39 is 53.7 Å². The van der Waals surface area contributed by atoms with Crippen molar-refractivity contribution in [3.8, 4) is 0 Å². The molecule has 3 atom stereocenters. The van der Waals surface area contributed by atoms with E-state index in [0.717, 1.165) is 0 Å². The van der Waals surface area contributed by atoms with E-state index in [1.54, 1.807) is 13.8 Å². The number of carboxylic acids is 2. The maximum absolute atomic E-state index is 12.3. The van der Waals surface area contributed by atoms with E-state index >= 15 is 0 Å². The number of primary amides is 1. The van der Waals surface area contributed by atoms with Crippen molar-refractivity contribution in [3.63, 3.8) is 0 Å². The first-order chi connectivity index (χ1) is 12.0. The van der Waals surface area contributed by atoms with Gasteiger partial charge in [-0.3, -0.25) is 19.2 Å². The molecule has 0 spiro atoms. The molecule has 0 unspecified atom stereocenters. The number of carbonyl (C=O) groups excluding carboxylic acids is 3. The van der Waals surface area contributed by atoms with Crippen molar-refractivity contribution >= 4 is 29.7 Å². The van der Waals surface area contributed by atoms with Gasteiger partial charge in [0.05, 0.1) is 6.04 Å². The zero-order valence-electron chi connectivity index (χ0n) is 14.7. The van der Waals surface area contributed by atoms with Crippen molar-refractivity contribution in [2.45, 2.75) is 57.7 Å². The van der Waals surface area contributed by atoms with Crippen molar-refractivity contribution in [2.75, 3.05) is 0 Å². The van der Waals surface area contributed by atoms with Gasteiger partial charge in [-0.15, -0.1) is 0 Å². The highest BCUT2D eigenvalue weighted by Crippen LogP contribution is 2.05. The van der Waals surface area contributed by atoms with E-state index in [9.17, 15) is 24.0 Å². The molecule has 0 radical (unpaired) electrons. The standard InChI is InChI=1S/C15H26N4O7/c1-7(2)12(15(25)26)19-14(24)9(4-5-10(17)20)18-13(23)8(16)3-6-11(21)22/h7-9,12H,3-6,16H2,1-2H3,(H2,17,20)(H,18,23)(H,19,24)(H,21,22)(H,25,26)/t8-,9-,12-/m0/s1. The normalized spacial score (nSPS) is 14.2. The van der Waals surface area contributed by atoms with Crippen LogP contribution in [0.4, 0.5) is 0 Å². The van der Waals surface area contributed by atoms with Crippen LogP contribution in [0.5, 0.6) is 0 Å². The molecule has 0 bridgehead atoms. The number of carboxylic acid groups (broad SMARTS) is 2. The second kappa shape index (κ2) is 11.0. The zero-order valence-corrected chi connectivity index (χ0v) is 14.7. The van der Waals surface area contributed by atoms with Gasteiger partial charge < -0.3 is 32.3 Å². The Morgan fingerprint density at radius 1 is 0.923 bits per heavy atom. The molecule has 8 N–H and O–H groups in total. The third-order valence-electron chi connectivity index (χ3n) is 3.55. The number of aliphatic carboxylic acids is 2. The van der Waals surface area contributed by atoms with Crippen LogP contribution in [0.2, 0.25) is 0 Å². The van der Waals surface area contributed by atoms with Crippen molar-refractivity contribution < 1.29 is 34.2 Å². The summed E-state index contributed by atoms with van der Waals surface area (Å²) in [5.41, 5.74) is 10.6. The van der Waals surface area contributed by atoms with Crippen LogP contribution in [0.1, 0.15) is 39.5 Å². The molecule has 148 valence electrons. The lowest BCUT2D eigenvalue weighted by atomic mass is 10.0. The maximum Gasteiger partial charge on any atom is 0.326 e. The van der Waals surface area contributed by atoms with Crippen LogP contribution in [0.25, 0.3) is 0 Å². The summed E-state index contributed by atoms with van der Waals surface area (Å²) in [6, 6.07) is -3.59. The molecule has 11 nitrogen and oxygen atoms in total. The summed E-state index contributed by atoms with van der Waals surface area (Å²) in [6.45, 7) is 3.19. The minimum Gasteiger partial charge on any atom is -0.481 e. The van der Waals surface area contributed by atoms with Crippen LogP contribution in [0, 0.1) is 5.92 Å². The molecular weight excluding hydrogens is 348 g/mol. The van der Waals surface area contributed by atoms with Crippen LogP contribution < -0.4 is 22.1 Å². The molecule has 0 aromatic carbocycles. The van der Waals surface area contributed by atoms with Crippen molar-refractivity contribution in [3.05, 3.63) is 0 Å². The number of rotatable bonds is 12. The predicted molar refractivity (Wildman–Crippen MR) is 89.6 cm³/mol. The number of hydrogen-bond acceptors (Lipinski definition) is 6. The first-order valence-electron chi connectivity index (χ1n) is 8.04. The molecule has 0 aromatic rings. The van der Waals surface area contributed by atoms with Gasteiger partial charge in [-0.1, -0.05) is 13.8 Å². The Morgan fingerprint density at radius 2 is 1.50 bits per heavy atom. The monoisotopic (exact) mass is 374 g/mol. The van der Waals surface area contributed by atoms with Gasteiger partial charge in [0, 0.05) is 12.8 Å². The Morgan fingerprint density at radius 3 is 1.92 bits per heavy atom. The van der Waals surface area contributed by atoms with E-state index in [1.807, 2.05) is 0 Å². The summed E-state index contributed by atoms with van der Waals surface area (Å²) in [4.78, 5) is 57.0. The summed E-state index contributed by atoms with van der Waals surface area (Å²) >= 11 is 0. The molecule has 0 heterocycles. The van der Waals surface area contributed by atoms with Gasteiger partial charge in [0.25, 0.3) is 0 Å². The quantitative estimate of drug-likeness (QED) is 0.228. The molecule has 0 aliphatic heterocycles. The first-order valence-corrected chi connectivity index (χ1v) is 8.04. The second-order valence-electron chi connectivity index (χ2n) is 6.17.